The second kappa shape index (κ2) is 10.4. The van der Waals surface area contributed by atoms with Crippen LogP contribution >= 0.6 is 0 Å². The maximum absolute atomic E-state index is 5.44. The molecule has 1 aromatic heterocycles. The van der Waals surface area contributed by atoms with Gasteiger partial charge in [-0.3, -0.25) is 4.99 Å². The molecule has 2 heterocycles. The van der Waals surface area contributed by atoms with Gasteiger partial charge in [0.05, 0.1) is 11.1 Å². The third-order valence-electron chi connectivity index (χ3n) is 10.2. The van der Waals surface area contributed by atoms with Crippen LogP contribution < -0.4 is 0 Å². The first kappa shape index (κ1) is 27.0. The zero-order chi connectivity index (χ0) is 31.7. The number of rotatable bonds is 4. The molecule has 10 rings (SSSR count). The van der Waals surface area contributed by atoms with E-state index in [0.717, 1.165) is 33.7 Å². The van der Waals surface area contributed by atoms with E-state index in [-0.39, 0.29) is 6.17 Å². The third kappa shape index (κ3) is 3.73. The van der Waals surface area contributed by atoms with Crippen molar-refractivity contribution in [2.45, 2.75) is 11.6 Å². The second-order valence-electron chi connectivity index (χ2n) is 12.7. The summed E-state index contributed by atoms with van der Waals surface area (Å²) >= 11 is 0. The molecule has 0 saturated carbocycles. The Morgan fingerprint density at radius 3 is 1.90 bits per heavy atom. The maximum Gasteiger partial charge on any atom is 0.0713 e. The molecule has 0 bridgehead atoms. The molecule has 1 aliphatic carbocycles. The van der Waals surface area contributed by atoms with Crippen LogP contribution in [0.3, 0.4) is 0 Å². The highest BCUT2D eigenvalue weighted by Crippen LogP contribution is 2.57. The van der Waals surface area contributed by atoms with Gasteiger partial charge < -0.3 is 9.88 Å². The van der Waals surface area contributed by atoms with Gasteiger partial charge in [-0.1, -0.05) is 152 Å². The lowest BCUT2D eigenvalue weighted by Crippen LogP contribution is -2.28. The van der Waals surface area contributed by atoms with Gasteiger partial charge in [-0.25, -0.2) is 0 Å². The number of hydrogen-bond acceptors (Lipinski definition) is 1. The fraction of sp³-hybridized carbons (Fsp3) is 0.0444. The zero-order valence-corrected chi connectivity index (χ0v) is 26.2. The number of aromatic nitrogens is 1. The van der Waals surface area contributed by atoms with E-state index in [4.69, 9.17) is 10.3 Å². The van der Waals surface area contributed by atoms with Crippen molar-refractivity contribution in [3.8, 4) is 11.1 Å². The largest absolute Gasteiger partial charge is 0.658 e. The fourth-order valence-corrected chi connectivity index (χ4v) is 8.25. The van der Waals surface area contributed by atoms with E-state index in [1.807, 2.05) is 12.1 Å². The molecule has 0 saturated heterocycles. The highest BCUT2D eigenvalue weighted by molar-refractivity contribution is 6.15. The molecular weight excluding hydrogens is 583 g/mol. The lowest BCUT2D eigenvalue weighted by Gasteiger charge is -2.41. The normalized spacial score (nSPS) is 15.8. The number of fused-ring (bicyclic) bond motifs is 7. The van der Waals surface area contributed by atoms with E-state index in [0.29, 0.717) is 0 Å². The van der Waals surface area contributed by atoms with E-state index in [1.165, 1.54) is 44.2 Å². The van der Waals surface area contributed by atoms with Crippen LogP contribution in [0.25, 0.3) is 38.2 Å². The van der Waals surface area contributed by atoms with Crippen molar-refractivity contribution in [3.63, 3.8) is 0 Å². The van der Waals surface area contributed by atoms with E-state index in [1.54, 1.807) is 0 Å². The first-order chi connectivity index (χ1) is 23.8. The Labute approximate surface area is 279 Å². The quantitative estimate of drug-likeness (QED) is 0.189. The van der Waals surface area contributed by atoms with Crippen LogP contribution in [-0.2, 0) is 5.41 Å². The molecule has 0 radical (unpaired) electrons. The molecule has 0 amide bonds. The Hall–Kier alpha value is -6.19. The monoisotopic (exact) mass is 612 g/mol. The smallest absolute Gasteiger partial charge is 0.0713 e. The molecule has 48 heavy (non-hydrogen) atoms. The molecule has 7 aromatic carbocycles. The Morgan fingerprint density at radius 2 is 1.12 bits per heavy atom. The van der Waals surface area contributed by atoms with Gasteiger partial charge in [-0.15, -0.1) is 5.69 Å². The number of aliphatic imine (C=N–C) groups is 1. The summed E-state index contributed by atoms with van der Waals surface area (Å²) in [5.74, 6) is 0. The Balaban J connectivity index is 1.31. The molecule has 3 heteroatoms. The van der Waals surface area contributed by atoms with Gasteiger partial charge >= 0.3 is 0 Å². The van der Waals surface area contributed by atoms with Crippen LogP contribution in [0.2, 0.25) is 0 Å². The summed E-state index contributed by atoms with van der Waals surface area (Å²) in [5, 5.41) is 7.87. The van der Waals surface area contributed by atoms with Crippen molar-refractivity contribution in [2.75, 3.05) is 0 Å². The minimum Gasteiger partial charge on any atom is -0.658 e. The van der Waals surface area contributed by atoms with Crippen molar-refractivity contribution in [1.29, 1.82) is 0 Å². The summed E-state index contributed by atoms with van der Waals surface area (Å²) in [7, 11) is 0. The van der Waals surface area contributed by atoms with Crippen molar-refractivity contribution in [1.82, 2.24) is 4.57 Å². The van der Waals surface area contributed by atoms with E-state index in [2.05, 4.69) is 168 Å². The van der Waals surface area contributed by atoms with E-state index in [9.17, 15) is 0 Å². The van der Waals surface area contributed by atoms with Crippen LogP contribution in [0.15, 0.2) is 181 Å². The van der Waals surface area contributed by atoms with Gasteiger partial charge in [0.15, 0.2) is 0 Å². The first-order valence-corrected chi connectivity index (χ1v) is 16.5. The molecule has 0 spiro atoms. The van der Waals surface area contributed by atoms with Gasteiger partial charge in [0.1, 0.15) is 0 Å². The summed E-state index contributed by atoms with van der Waals surface area (Å²) in [6.45, 7) is 0. The number of para-hydroxylation sites is 3. The lowest BCUT2D eigenvalue weighted by molar-refractivity contribution is 0.768. The summed E-state index contributed by atoms with van der Waals surface area (Å²) in [6, 6.07) is 63.4. The summed E-state index contributed by atoms with van der Waals surface area (Å²) in [5.41, 5.74) is 13.3. The Kier molecular flexibility index (Phi) is 5.85. The highest BCUT2D eigenvalue weighted by atomic mass is 15.2. The molecule has 3 nitrogen and oxygen atoms in total. The van der Waals surface area contributed by atoms with Gasteiger partial charge in [0.2, 0.25) is 0 Å². The van der Waals surface area contributed by atoms with Crippen molar-refractivity contribution in [2.24, 2.45) is 4.99 Å². The second-order valence-corrected chi connectivity index (χ2v) is 12.7. The Morgan fingerprint density at radius 1 is 0.500 bits per heavy atom. The third-order valence-corrected chi connectivity index (χ3v) is 10.2. The molecular formula is C45H30N3-. The molecule has 1 unspecified atom stereocenters. The zero-order valence-electron chi connectivity index (χ0n) is 26.2. The van der Waals surface area contributed by atoms with E-state index < -0.39 is 5.41 Å². The molecule has 0 N–H and O–H groups in total. The average molecular weight is 613 g/mol. The number of hydrogen-bond donors (Lipinski definition) is 0. The topological polar surface area (TPSA) is 31.4 Å². The fourth-order valence-electron chi connectivity index (χ4n) is 8.25. The number of nitrogens with zero attached hydrogens (tertiary/aromatic N) is 3. The van der Waals surface area contributed by atoms with Gasteiger partial charge in [0, 0.05) is 33.7 Å². The number of benzene rings is 7. The molecule has 8 aromatic rings. The predicted octanol–water partition coefficient (Wildman–Crippen LogP) is 11.5. The summed E-state index contributed by atoms with van der Waals surface area (Å²) in [6.07, 6.45) is -0.340. The molecule has 2 aliphatic rings. The van der Waals surface area contributed by atoms with E-state index >= 15 is 0 Å². The van der Waals surface area contributed by atoms with Crippen molar-refractivity contribution < 1.29 is 0 Å². The summed E-state index contributed by atoms with van der Waals surface area (Å²) in [4.78, 5) is 5.28. The predicted molar refractivity (Wildman–Crippen MR) is 198 cm³/mol. The SMILES string of the molecule is c1ccc(C2=Nc3ccccc3[N-]C2n2c3ccccc3c3cc4c(cc32)-c2ccccc2C4(c2ccccc2)c2ccccc2)cc1. The van der Waals surface area contributed by atoms with Crippen LogP contribution in [-0.4, -0.2) is 10.3 Å². The van der Waals surface area contributed by atoms with Gasteiger partial charge in [0.25, 0.3) is 0 Å². The maximum atomic E-state index is 5.44. The summed E-state index contributed by atoms with van der Waals surface area (Å²) < 4.78 is 2.42. The minimum atomic E-state index is -0.462. The van der Waals surface area contributed by atoms with Crippen LogP contribution in [0.5, 0.6) is 0 Å². The average Bonchev–Trinajstić information content (AvgIpc) is 3.64. The first-order valence-electron chi connectivity index (χ1n) is 16.5. The van der Waals surface area contributed by atoms with Crippen LogP contribution in [0, 0.1) is 0 Å². The molecule has 226 valence electrons. The van der Waals surface area contributed by atoms with Gasteiger partial charge in [-0.2, -0.15) is 0 Å². The highest BCUT2D eigenvalue weighted by Gasteiger charge is 2.46. The molecule has 1 aliphatic heterocycles. The Bertz CT molecular complexity index is 2490. The van der Waals surface area contributed by atoms with Crippen molar-refractivity contribution >= 4 is 38.9 Å². The molecule has 1 atom stereocenters. The lowest BCUT2D eigenvalue weighted by atomic mass is 9.67. The van der Waals surface area contributed by atoms with Gasteiger partial charge in [-0.05, 0) is 63.2 Å². The minimum absolute atomic E-state index is 0.340. The van der Waals surface area contributed by atoms with Crippen molar-refractivity contribution in [3.05, 3.63) is 209 Å². The molecule has 0 fully saturated rings. The van der Waals surface area contributed by atoms with Crippen LogP contribution in [0.4, 0.5) is 11.4 Å². The standard InChI is InChI=1S/C45H30N3/c1-4-16-30(17-5-1)43-44(47-40-26-14-13-25-39(40)46-43)48-41-27-15-11-23-34(41)36-28-38-35(29-42(36)48)33-22-10-12-24-37(33)45(38,31-18-6-2-7-19-31)32-20-8-3-9-21-32/h1-29,44H/q-1. The van der Waals surface area contributed by atoms with Crippen LogP contribution in [0.1, 0.15) is 34.0 Å².